The molecule has 0 unspecified atom stereocenters. The van der Waals surface area contributed by atoms with Gasteiger partial charge in [-0.25, -0.2) is 4.79 Å². The maximum Gasteiger partial charge on any atom is 0.326 e. The van der Waals surface area contributed by atoms with Gasteiger partial charge in [-0.1, -0.05) is 19.8 Å². The average molecular weight is 415 g/mol. The molecular formula is C21H25N3O6. The fourth-order valence-corrected chi connectivity index (χ4v) is 3.64. The Hall–Kier alpha value is -3.23. The molecule has 0 aromatic heterocycles. The predicted octanol–water partition coefficient (Wildman–Crippen LogP) is 1.43. The minimum absolute atomic E-state index is 0.0551. The van der Waals surface area contributed by atoms with Gasteiger partial charge in [-0.05, 0) is 37.1 Å². The van der Waals surface area contributed by atoms with E-state index in [0.717, 1.165) is 29.0 Å². The molecule has 3 rings (SSSR count). The van der Waals surface area contributed by atoms with Gasteiger partial charge >= 0.3 is 12.0 Å². The topological polar surface area (TPSA) is 113 Å². The van der Waals surface area contributed by atoms with Gasteiger partial charge in [0.2, 0.25) is 5.91 Å². The van der Waals surface area contributed by atoms with Crippen molar-refractivity contribution in [3.8, 4) is 0 Å². The molecule has 0 aliphatic carbocycles. The van der Waals surface area contributed by atoms with E-state index >= 15 is 0 Å². The minimum atomic E-state index is -1.03. The minimum Gasteiger partial charge on any atom is -0.456 e. The van der Waals surface area contributed by atoms with E-state index in [4.69, 9.17) is 4.74 Å². The zero-order valence-electron chi connectivity index (χ0n) is 17.3. The standard InChI is InChI=1S/C21H25N3O6/c1-4-5-8-21(2)19(28)24(20(29)22-21)11-18(27)30-12-16(25)13-6-7-15-14(9-13)10-17(26)23(15)3/h6-7,9H,4-5,8,10-12H2,1-3H3,(H,22,29)/t21-/m0/s1. The molecule has 9 heteroatoms. The number of hydrogen-bond acceptors (Lipinski definition) is 6. The van der Waals surface area contributed by atoms with Gasteiger partial charge in [-0.2, -0.15) is 0 Å². The second-order valence-electron chi connectivity index (χ2n) is 7.81. The van der Waals surface area contributed by atoms with Crippen LogP contribution in [0.1, 0.15) is 49.0 Å². The first kappa shape index (κ1) is 21.5. The van der Waals surface area contributed by atoms with Crippen LogP contribution in [0.5, 0.6) is 0 Å². The number of fused-ring (bicyclic) bond motifs is 1. The van der Waals surface area contributed by atoms with Crippen molar-refractivity contribution in [3.63, 3.8) is 0 Å². The summed E-state index contributed by atoms with van der Waals surface area (Å²) in [5, 5.41) is 2.62. The first-order valence-corrected chi connectivity index (χ1v) is 9.88. The molecule has 160 valence electrons. The molecule has 1 saturated heterocycles. The molecule has 1 atom stereocenters. The molecule has 0 saturated carbocycles. The molecule has 1 aromatic rings. The molecule has 0 spiro atoms. The Morgan fingerprint density at radius 2 is 1.97 bits per heavy atom. The number of likely N-dealkylation sites (N-methyl/N-ethyl adjacent to an activating group) is 1. The Morgan fingerprint density at radius 1 is 1.23 bits per heavy atom. The number of amides is 4. The van der Waals surface area contributed by atoms with Crippen LogP contribution in [0.25, 0.3) is 0 Å². The molecule has 2 aliphatic heterocycles. The third-order valence-electron chi connectivity index (χ3n) is 5.51. The van der Waals surface area contributed by atoms with Crippen molar-refractivity contribution < 1.29 is 28.7 Å². The summed E-state index contributed by atoms with van der Waals surface area (Å²) in [7, 11) is 1.67. The summed E-state index contributed by atoms with van der Waals surface area (Å²) in [4.78, 5) is 63.2. The van der Waals surface area contributed by atoms with Gasteiger partial charge in [0.25, 0.3) is 5.91 Å². The zero-order valence-corrected chi connectivity index (χ0v) is 17.3. The first-order chi connectivity index (χ1) is 14.2. The molecule has 1 N–H and O–H groups in total. The molecule has 9 nitrogen and oxygen atoms in total. The van der Waals surface area contributed by atoms with Crippen LogP contribution < -0.4 is 10.2 Å². The Bertz CT molecular complexity index is 927. The van der Waals surface area contributed by atoms with Crippen LogP contribution in [-0.2, 0) is 25.5 Å². The lowest BCUT2D eigenvalue weighted by molar-refractivity contribution is -0.146. The van der Waals surface area contributed by atoms with Crippen molar-refractivity contribution in [2.45, 2.75) is 45.1 Å². The second kappa shape index (κ2) is 8.25. The zero-order chi connectivity index (χ0) is 22.1. The number of imide groups is 1. The first-order valence-electron chi connectivity index (χ1n) is 9.88. The number of anilines is 1. The summed E-state index contributed by atoms with van der Waals surface area (Å²) in [6.07, 6.45) is 2.33. The molecule has 1 fully saturated rings. The Labute approximate surface area is 174 Å². The number of nitrogens with zero attached hydrogens (tertiary/aromatic N) is 2. The summed E-state index contributed by atoms with van der Waals surface area (Å²) in [6.45, 7) is 2.54. The van der Waals surface area contributed by atoms with E-state index in [0.29, 0.717) is 12.0 Å². The number of unbranched alkanes of at least 4 members (excludes halogenated alkanes) is 1. The van der Waals surface area contributed by atoms with E-state index in [9.17, 15) is 24.0 Å². The van der Waals surface area contributed by atoms with Crippen molar-refractivity contribution >= 4 is 35.3 Å². The summed E-state index contributed by atoms with van der Waals surface area (Å²) in [5.74, 6) is -1.81. The van der Waals surface area contributed by atoms with Crippen molar-refractivity contribution in [1.29, 1.82) is 0 Å². The van der Waals surface area contributed by atoms with Crippen LogP contribution in [0.4, 0.5) is 10.5 Å². The number of benzene rings is 1. The van der Waals surface area contributed by atoms with Gasteiger partial charge in [0.1, 0.15) is 12.1 Å². The van der Waals surface area contributed by atoms with E-state index < -0.39 is 42.4 Å². The number of ether oxygens (including phenoxy) is 1. The normalized spacial score (nSPS) is 20.4. The lowest BCUT2D eigenvalue weighted by Gasteiger charge is -2.21. The average Bonchev–Trinajstić information content (AvgIpc) is 3.11. The van der Waals surface area contributed by atoms with Gasteiger partial charge in [-0.15, -0.1) is 0 Å². The highest BCUT2D eigenvalue weighted by Crippen LogP contribution is 2.28. The van der Waals surface area contributed by atoms with Crippen LogP contribution in [-0.4, -0.2) is 60.2 Å². The number of Topliss-reactive ketones (excluding diaryl/α,β-unsaturated/α-hetero) is 1. The lowest BCUT2D eigenvalue weighted by Crippen LogP contribution is -2.44. The summed E-state index contributed by atoms with van der Waals surface area (Å²) < 4.78 is 4.99. The number of hydrogen-bond donors (Lipinski definition) is 1. The Morgan fingerprint density at radius 3 is 2.67 bits per heavy atom. The molecule has 4 amide bonds. The fraction of sp³-hybridized carbons (Fsp3) is 0.476. The van der Waals surface area contributed by atoms with Crippen LogP contribution in [0.2, 0.25) is 0 Å². The number of rotatable bonds is 8. The van der Waals surface area contributed by atoms with Gasteiger partial charge < -0.3 is 15.0 Å². The third-order valence-corrected chi connectivity index (χ3v) is 5.51. The molecule has 1 aromatic carbocycles. The smallest absolute Gasteiger partial charge is 0.326 e. The maximum absolute atomic E-state index is 12.5. The van der Waals surface area contributed by atoms with Crippen molar-refractivity contribution in [3.05, 3.63) is 29.3 Å². The van der Waals surface area contributed by atoms with Crippen LogP contribution >= 0.6 is 0 Å². The number of esters is 1. The highest BCUT2D eigenvalue weighted by Gasteiger charge is 2.47. The Kier molecular flexibility index (Phi) is 5.91. The number of nitrogens with one attached hydrogen (secondary N) is 1. The fourth-order valence-electron chi connectivity index (χ4n) is 3.64. The molecule has 2 heterocycles. The third kappa shape index (κ3) is 4.05. The SMILES string of the molecule is CCCC[C@]1(C)NC(=O)N(CC(=O)OCC(=O)c2ccc3c(c2)CC(=O)N3C)C1=O. The maximum atomic E-state index is 12.5. The molecule has 30 heavy (non-hydrogen) atoms. The Balaban J connectivity index is 1.56. The largest absolute Gasteiger partial charge is 0.456 e. The lowest BCUT2D eigenvalue weighted by atomic mass is 9.95. The van der Waals surface area contributed by atoms with Crippen LogP contribution in [0, 0.1) is 0 Å². The van der Waals surface area contributed by atoms with Gasteiger partial charge in [0.15, 0.2) is 12.4 Å². The van der Waals surface area contributed by atoms with Crippen LogP contribution in [0.3, 0.4) is 0 Å². The van der Waals surface area contributed by atoms with E-state index in [1.807, 2.05) is 6.92 Å². The summed E-state index contributed by atoms with van der Waals surface area (Å²) in [6, 6.07) is 4.22. The van der Waals surface area contributed by atoms with Crippen LogP contribution in [0.15, 0.2) is 18.2 Å². The highest BCUT2D eigenvalue weighted by atomic mass is 16.5. The predicted molar refractivity (Wildman–Crippen MR) is 107 cm³/mol. The number of urea groups is 1. The van der Waals surface area contributed by atoms with E-state index in [2.05, 4.69) is 5.32 Å². The van der Waals surface area contributed by atoms with Gasteiger partial charge in [0, 0.05) is 18.3 Å². The summed E-state index contributed by atoms with van der Waals surface area (Å²) >= 11 is 0. The molecule has 2 aliphatic rings. The quantitative estimate of drug-likeness (QED) is 0.390. The van der Waals surface area contributed by atoms with Crippen molar-refractivity contribution in [2.75, 3.05) is 25.1 Å². The van der Waals surface area contributed by atoms with E-state index in [1.165, 1.54) is 4.90 Å². The van der Waals surface area contributed by atoms with Gasteiger partial charge in [0.05, 0.1) is 6.42 Å². The monoisotopic (exact) mass is 415 g/mol. The van der Waals surface area contributed by atoms with E-state index in [1.54, 1.807) is 32.2 Å². The number of carbonyl (C=O) groups excluding carboxylic acids is 5. The molecule has 0 bridgehead atoms. The number of carbonyl (C=O) groups is 5. The highest BCUT2D eigenvalue weighted by molar-refractivity contribution is 6.08. The van der Waals surface area contributed by atoms with Crippen molar-refractivity contribution in [2.24, 2.45) is 0 Å². The van der Waals surface area contributed by atoms with E-state index in [-0.39, 0.29) is 12.3 Å². The molecular weight excluding hydrogens is 390 g/mol. The van der Waals surface area contributed by atoms with Crippen molar-refractivity contribution in [1.82, 2.24) is 10.2 Å². The summed E-state index contributed by atoms with van der Waals surface area (Å²) in [5.41, 5.74) is 0.786. The number of ketones is 1. The second-order valence-corrected chi connectivity index (χ2v) is 7.81. The molecule has 0 radical (unpaired) electrons. The van der Waals surface area contributed by atoms with Gasteiger partial charge in [-0.3, -0.25) is 24.1 Å².